The van der Waals surface area contributed by atoms with Crippen LogP contribution in [0.1, 0.15) is 17.3 Å². The second-order valence-corrected chi connectivity index (χ2v) is 5.90. The van der Waals surface area contributed by atoms with Crippen molar-refractivity contribution in [2.45, 2.75) is 6.92 Å². The molecule has 136 valence electrons. The van der Waals surface area contributed by atoms with Crippen molar-refractivity contribution in [3.63, 3.8) is 0 Å². The number of nitrogens with two attached hydrogens (primary N) is 1. The Kier molecular flexibility index (Phi) is 4.12. The summed E-state index contributed by atoms with van der Waals surface area (Å²) in [5, 5.41) is 0. The van der Waals surface area contributed by atoms with Crippen LogP contribution in [0.4, 0.5) is 5.82 Å². The summed E-state index contributed by atoms with van der Waals surface area (Å²) < 4.78 is 12.2. The SMILES string of the molecule is CCOC(=O)c1c(N)n(-c2cccc(OC)c2)c2nc3ccccc3nc12. The third-order valence-electron chi connectivity index (χ3n) is 4.29. The fourth-order valence-electron chi connectivity index (χ4n) is 3.08. The number of anilines is 1. The predicted octanol–water partition coefficient (Wildman–Crippen LogP) is 3.34. The molecule has 0 aliphatic rings. The van der Waals surface area contributed by atoms with Gasteiger partial charge in [0.2, 0.25) is 0 Å². The van der Waals surface area contributed by atoms with Gasteiger partial charge < -0.3 is 15.2 Å². The number of hydrogen-bond acceptors (Lipinski definition) is 6. The van der Waals surface area contributed by atoms with Crippen LogP contribution in [0.5, 0.6) is 5.75 Å². The number of nitrogens with zero attached hydrogens (tertiary/aromatic N) is 3. The van der Waals surface area contributed by atoms with Gasteiger partial charge in [-0.2, -0.15) is 0 Å². The van der Waals surface area contributed by atoms with E-state index in [1.807, 2.05) is 48.5 Å². The molecule has 0 fully saturated rings. The average molecular weight is 362 g/mol. The van der Waals surface area contributed by atoms with Gasteiger partial charge in [-0.15, -0.1) is 0 Å². The Balaban J connectivity index is 2.09. The van der Waals surface area contributed by atoms with Crippen LogP contribution in [0.3, 0.4) is 0 Å². The van der Waals surface area contributed by atoms with Gasteiger partial charge >= 0.3 is 5.97 Å². The summed E-state index contributed by atoms with van der Waals surface area (Å²) in [5.74, 6) is 0.374. The summed E-state index contributed by atoms with van der Waals surface area (Å²) in [6.07, 6.45) is 0. The normalized spacial score (nSPS) is 11.0. The van der Waals surface area contributed by atoms with Crippen LogP contribution in [-0.4, -0.2) is 34.2 Å². The number of nitrogen functional groups attached to an aromatic ring is 1. The van der Waals surface area contributed by atoms with E-state index in [1.165, 1.54) is 0 Å². The van der Waals surface area contributed by atoms with Crippen molar-refractivity contribution in [1.29, 1.82) is 0 Å². The van der Waals surface area contributed by atoms with E-state index in [-0.39, 0.29) is 18.0 Å². The van der Waals surface area contributed by atoms with Crippen LogP contribution in [0.25, 0.3) is 27.9 Å². The molecule has 0 spiro atoms. The Morgan fingerprint density at radius 3 is 2.56 bits per heavy atom. The van der Waals surface area contributed by atoms with E-state index in [2.05, 4.69) is 4.98 Å². The number of benzene rings is 2. The molecule has 0 saturated heterocycles. The monoisotopic (exact) mass is 362 g/mol. The van der Waals surface area contributed by atoms with E-state index in [9.17, 15) is 4.79 Å². The third kappa shape index (κ3) is 2.73. The zero-order valence-corrected chi connectivity index (χ0v) is 15.0. The van der Waals surface area contributed by atoms with Crippen LogP contribution in [0.2, 0.25) is 0 Å². The number of carbonyl (C=O) groups is 1. The van der Waals surface area contributed by atoms with Gasteiger partial charge in [-0.3, -0.25) is 4.57 Å². The number of rotatable bonds is 4. The lowest BCUT2D eigenvalue weighted by molar-refractivity contribution is 0.0529. The van der Waals surface area contributed by atoms with Crippen LogP contribution in [0.15, 0.2) is 48.5 Å². The van der Waals surface area contributed by atoms with Crippen molar-refractivity contribution in [1.82, 2.24) is 14.5 Å². The summed E-state index contributed by atoms with van der Waals surface area (Å²) in [7, 11) is 1.59. The molecule has 0 aliphatic carbocycles. The minimum absolute atomic E-state index is 0.216. The maximum atomic E-state index is 12.6. The molecule has 2 heterocycles. The van der Waals surface area contributed by atoms with Crippen molar-refractivity contribution in [3.8, 4) is 11.4 Å². The molecule has 0 atom stereocenters. The molecule has 0 radical (unpaired) electrons. The minimum atomic E-state index is -0.522. The molecule has 2 aromatic heterocycles. The first-order valence-corrected chi connectivity index (χ1v) is 8.52. The highest BCUT2D eigenvalue weighted by molar-refractivity contribution is 6.09. The molecule has 0 bridgehead atoms. The van der Waals surface area contributed by atoms with Crippen molar-refractivity contribution in [3.05, 3.63) is 54.1 Å². The largest absolute Gasteiger partial charge is 0.497 e. The van der Waals surface area contributed by atoms with Gasteiger partial charge in [-0.1, -0.05) is 18.2 Å². The number of ether oxygens (including phenoxy) is 2. The van der Waals surface area contributed by atoms with Crippen molar-refractivity contribution < 1.29 is 14.3 Å². The van der Waals surface area contributed by atoms with Gasteiger partial charge in [-0.05, 0) is 31.2 Å². The van der Waals surface area contributed by atoms with E-state index >= 15 is 0 Å². The topological polar surface area (TPSA) is 92.3 Å². The number of para-hydroxylation sites is 2. The molecular weight excluding hydrogens is 344 g/mol. The Labute approximate surface area is 155 Å². The first kappa shape index (κ1) is 16.8. The van der Waals surface area contributed by atoms with Gasteiger partial charge in [0.05, 0.1) is 30.4 Å². The molecule has 27 heavy (non-hydrogen) atoms. The van der Waals surface area contributed by atoms with Crippen molar-refractivity contribution in [2.24, 2.45) is 0 Å². The molecule has 2 aromatic carbocycles. The Hall–Kier alpha value is -3.61. The van der Waals surface area contributed by atoms with E-state index in [0.29, 0.717) is 27.9 Å². The highest BCUT2D eigenvalue weighted by atomic mass is 16.5. The highest BCUT2D eigenvalue weighted by Gasteiger charge is 2.25. The maximum absolute atomic E-state index is 12.6. The molecular formula is C20H18N4O3. The van der Waals surface area contributed by atoms with Gasteiger partial charge in [0.15, 0.2) is 5.65 Å². The van der Waals surface area contributed by atoms with Crippen LogP contribution in [-0.2, 0) is 4.74 Å². The van der Waals surface area contributed by atoms with Crippen LogP contribution < -0.4 is 10.5 Å². The summed E-state index contributed by atoms with van der Waals surface area (Å²) in [6.45, 7) is 1.99. The summed E-state index contributed by atoms with van der Waals surface area (Å²) in [5.41, 5.74) is 9.60. The van der Waals surface area contributed by atoms with E-state index < -0.39 is 5.97 Å². The molecule has 7 heteroatoms. The molecule has 0 saturated carbocycles. The van der Waals surface area contributed by atoms with E-state index in [1.54, 1.807) is 18.6 Å². The minimum Gasteiger partial charge on any atom is -0.497 e. The van der Waals surface area contributed by atoms with Crippen LogP contribution >= 0.6 is 0 Å². The average Bonchev–Trinajstić information content (AvgIpc) is 2.97. The quantitative estimate of drug-likeness (QED) is 0.560. The molecule has 0 amide bonds. The molecule has 0 aliphatic heterocycles. The molecule has 2 N–H and O–H groups in total. The number of aromatic nitrogens is 3. The maximum Gasteiger partial charge on any atom is 0.344 e. The summed E-state index contributed by atoms with van der Waals surface area (Å²) >= 11 is 0. The summed E-state index contributed by atoms with van der Waals surface area (Å²) in [4.78, 5) is 21.9. The number of methoxy groups -OCH3 is 1. The fraction of sp³-hybridized carbons (Fsp3) is 0.150. The zero-order chi connectivity index (χ0) is 19.0. The molecule has 4 aromatic rings. The number of esters is 1. The second-order valence-electron chi connectivity index (χ2n) is 5.90. The third-order valence-corrected chi connectivity index (χ3v) is 4.29. The molecule has 0 unspecified atom stereocenters. The number of carbonyl (C=O) groups excluding carboxylic acids is 1. The van der Waals surface area contributed by atoms with Gasteiger partial charge in [0, 0.05) is 6.07 Å². The first-order valence-electron chi connectivity index (χ1n) is 8.52. The van der Waals surface area contributed by atoms with Crippen LogP contribution in [0, 0.1) is 0 Å². The zero-order valence-electron chi connectivity index (χ0n) is 15.0. The number of fused-ring (bicyclic) bond motifs is 2. The Morgan fingerprint density at radius 1 is 1.11 bits per heavy atom. The van der Waals surface area contributed by atoms with Gasteiger partial charge in [-0.25, -0.2) is 14.8 Å². The first-order chi connectivity index (χ1) is 13.1. The fourth-order valence-corrected chi connectivity index (χ4v) is 3.08. The highest BCUT2D eigenvalue weighted by Crippen LogP contribution is 2.32. The summed E-state index contributed by atoms with van der Waals surface area (Å²) in [6, 6.07) is 14.8. The number of hydrogen-bond donors (Lipinski definition) is 1. The van der Waals surface area contributed by atoms with Gasteiger partial charge in [0.25, 0.3) is 0 Å². The molecule has 7 nitrogen and oxygen atoms in total. The lowest BCUT2D eigenvalue weighted by atomic mass is 10.2. The smallest absolute Gasteiger partial charge is 0.344 e. The Morgan fingerprint density at radius 2 is 1.85 bits per heavy atom. The van der Waals surface area contributed by atoms with E-state index in [0.717, 1.165) is 5.69 Å². The lowest BCUT2D eigenvalue weighted by Crippen LogP contribution is -2.09. The van der Waals surface area contributed by atoms with Crippen molar-refractivity contribution in [2.75, 3.05) is 19.5 Å². The molecule has 4 rings (SSSR count). The second kappa shape index (κ2) is 6.60. The van der Waals surface area contributed by atoms with E-state index in [4.69, 9.17) is 20.2 Å². The Bertz CT molecular complexity index is 1170. The standard InChI is InChI=1S/C20H18N4O3/c1-3-27-20(25)16-17-19(23-15-10-5-4-9-14(15)22-17)24(18(16)21)12-7-6-8-13(11-12)26-2/h4-11H,3,21H2,1-2H3. The predicted molar refractivity (Wildman–Crippen MR) is 103 cm³/mol. The van der Waals surface area contributed by atoms with Crippen molar-refractivity contribution >= 4 is 34.0 Å². The lowest BCUT2D eigenvalue weighted by Gasteiger charge is -2.09. The van der Waals surface area contributed by atoms with Gasteiger partial charge in [0.1, 0.15) is 22.6 Å².